The number of piperidine rings is 2. The maximum atomic E-state index is 12.5. The topological polar surface area (TPSA) is 70.1 Å². The van der Waals surface area contributed by atoms with Gasteiger partial charge in [-0.05, 0) is 37.3 Å². The number of rotatable bonds is 4. The molecule has 6 heteroatoms. The number of carbonyl (C=O) groups is 2. The lowest BCUT2D eigenvalue weighted by Gasteiger charge is -2.43. The van der Waals surface area contributed by atoms with Crippen LogP contribution < -0.4 is 0 Å². The third-order valence-corrected chi connectivity index (χ3v) is 5.45. The van der Waals surface area contributed by atoms with Crippen LogP contribution in [-0.2, 0) is 16.1 Å². The first-order chi connectivity index (χ1) is 12.5. The summed E-state index contributed by atoms with van der Waals surface area (Å²) in [6, 6.07) is 9.62. The second-order valence-electron chi connectivity index (χ2n) is 7.61. The number of hydrogen-bond acceptors (Lipinski definition) is 4. The van der Waals surface area contributed by atoms with E-state index < -0.39 is 18.0 Å². The van der Waals surface area contributed by atoms with E-state index in [0.717, 1.165) is 25.1 Å². The van der Waals surface area contributed by atoms with Crippen LogP contribution in [0.2, 0.25) is 0 Å². The lowest BCUT2D eigenvalue weighted by atomic mass is 9.90. The van der Waals surface area contributed by atoms with Gasteiger partial charge in [0, 0.05) is 25.7 Å². The van der Waals surface area contributed by atoms with E-state index in [1.165, 1.54) is 6.42 Å². The normalized spacial score (nSPS) is 27.1. The van der Waals surface area contributed by atoms with Gasteiger partial charge in [0.05, 0.1) is 5.92 Å². The van der Waals surface area contributed by atoms with Gasteiger partial charge in [-0.1, -0.05) is 37.3 Å². The number of aliphatic carboxylic acids is 1. The first-order valence-corrected chi connectivity index (χ1v) is 9.45. The number of carboxylic acids is 1. The minimum absolute atomic E-state index is 0.0943. The molecule has 2 aliphatic heterocycles. The van der Waals surface area contributed by atoms with Crippen molar-refractivity contribution in [1.82, 2.24) is 9.80 Å². The largest absolute Gasteiger partial charge is 0.481 e. The molecule has 0 aliphatic carbocycles. The molecule has 2 aliphatic rings. The number of likely N-dealkylation sites (tertiary alicyclic amines) is 2. The summed E-state index contributed by atoms with van der Waals surface area (Å²) in [7, 11) is 0. The van der Waals surface area contributed by atoms with Crippen molar-refractivity contribution in [3.05, 3.63) is 35.9 Å². The Labute approximate surface area is 154 Å². The highest BCUT2D eigenvalue weighted by Gasteiger charge is 2.37. The Morgan fingerprint density at radius 1 is 1.19 bits per heavy atom. The van der Waals surface area contributed by atoms with E-state index in [1.807, 2.05) is 30.3 Å². The van der Waals surface area contributed by atoms with Gasteiger partial charge in [0.2, 0.25) is 0 Å². The third kappa shape index (κ3) is 4.75. The summed E-state index contributed by atoms with van der Waals surface area (Å²) < 4.78 is 5.43. The second kappa shape index (κ2) is 8.54. The molecule has 3 atom stereocenters. The highest BCUT2D eigenvalue weighted by Crippen LogP contribution is 2.26. The van der Waals surface area contributed by atoms with Crippen LogP contribution in [0.4, 0.5) is 4.79 Å². The zero-order valence-corrected chi connectivity index (χ0v) is 15.3. The zero-order chi connectivity index (χ0) is 18.5. The molecule has 2 saturated heterocycles. The van der Waals surface area contributed by atoms with Crippen molar-refractivity contribution in [1.29, 1.82) is 0 Å². The molecule has 0 saturated carbocycles. The summed E-state index contributed by atoms with van der Waals surface area (Å²) in [5, 5.41) is 9.52. The molecule has 3 rings (SSSR count). The van der Waals surface area contributed by atoms with Gasteiger partial charge in [-0.25, -0.2) is 4.79 Å². The Morgan fingerprint density at radius 2 is 1.96 bits per heavy atom. The van der Waals surface area contributed by atoms with Crippen LogP contribution in [0.1, 0.15) is 31.7 Å². The molecule has 1 aromatic rings. The van der Waals surface area contributed by atoms with Gasteiger partial charge in [0.25, 0.3) is 0 Å². The highest BCUT2D eigenvalue weighted by molar-refractivity contribution is 5.73. The predicted octanol–water partition coefficient (Wildman–Crippen LogP) is 2.83. The van der Waals surface area contributed by atoms with Gasteiger partial charge >= 0.3 is 12.1 Å². The Balaban J connectivity index is 1.63. The first-order valence-electron chi connectivity index (χ1n) is 9.45. The van der Waals surface area contributed by atoms with Crippen LogP contribution >= 0.6 is 0 Å². The van der Waals surface area contributed by atoms with Crippen LogP contribution in [0, 0.1) is 11.8 Å². The third-order valence-electron chi connectivity index (χ3n) is 5.45. The quantitative estimate of drug-likeness (QED) is 0.894. The molecule has 6 nitrogen and oxygen atoms in total. The number of ether oxygens (including phenoxy) is 1. The summed E-state index contributed by atoms with van der Waals surface area (Å²) in [5.74, 6) is -0.747. The number of carboxylic acid groups (broad SMARTS) is 1. The molecule has 0 unspecified atom stereocenters. The van der Waals surface area contributed by atoms with Crippen molar-refractivity contribution >= 4 is 12.1 Å². The SMILES string of the molecule is C[C@@H]1CCCN([C@@H]2C[C@@H](C(=O)O)CN(C(=O)OCc3ccccc3)C2)C1. The smallest absolute Gasteiger partial charge is 0.410 e. The van der Waals surface area contributed by atoms with E-state index in [1.54, 1.807) is 4.90 Å². The van der Waals surface area contributed by atoms with Crippen molar-refractivity contribution in [3.8, 4) is 0 Å². The number of carbonyl (C=O) groups excluding carboxylic acids is 1. The molecule has 2 fully saturated rings. The van der Waals surface area contributed by atoms with Crippen molar-refractivity contribution in [2.45, 2.75) is 38.8 Å². The molecule has 0 bridgehead atoms. The molecule has 2 heterocycles. The van der Waals surface area contributed by atoms with Gasteiger partial charge in [-0.2, -0.15) is 0 Å². The fraction of sp³-hybridized carbons (Fsp3) is 0.600. The van der Waals surface area contributed by atoms with E-state index >= 15 is 0 Å². The number of nitrogens with zero attached hydrogens (tertiary/aromatic N) is 2. The van der Waals surface area contributed by atoms with Gasteiger partial charge in [0.15, 0.2) is 0 Å². The van der Waals surface area contributed by atoms with E-state index in [4.69, 9.17) is 4.74 Å². The average molecular weight is 360 g/mol. The summed E-state index contributed by atoms with van der Waals surface area (Å²) in [6.07, 6.45) is 2.53. The van der Waals surface area contributed by atoms with E-state index in [-0.39, 0.29) is 19.2 Å². The minimum atomic E-state index is -0.833. The Kier molecular flexibility index (Phi) is 6.14. The van der Waals surface area contributed by atoms with Crippen LogP contribution in [0.25, 0.3) is 0 Å². The molecule has 1 aromatic carbocycles. The van der Waals surface area contributed by atoms with Gasteiger partial charge in [0.1, 0.15) is 6.61 Å². The van der Waals surface area contributed by atoms with Crippen LogP contribution in [0.15, 0.2) is 30.3 Å². The highest BCUT2D eigenvalue weighted by atomic mass is 16.6. The lowest BCUT2D eigenvalue weighted by Crippen LogP contribution is -2.55. The van der Waals surface area contributed by atoms with Crippen molar-refractivity contribution < 1.29 is 19.4 Å². The number of benzene rings is 1. The summed E-state index contributed by atoms with van der Waals surface area (Å²) in [4.78, 5) is 28.1. The molecule has 1 N–H and O–H groups in total. The maximum Gasteiger partial charge on any atom is 0.410 e. The van der Waals surface area contributed by atoms with Crippen LogP contribution in [0.5, 0.6) is 0 Å². The Hall–Kier alpha value is -2.08. The predicted molar refractivity (Wildman–Crippen MR) is 97.7 cm³/mol. The summed E-state index contributed by atoms with van der Waals surface area (Å²) in [5.41, 5.74) is 0.925. The zero-order valence-electron chi connectivity index (χ0n) is 15.3. The molecular formula is C20H28N2O4. The van der Waals surface area contributed by atoms with E-state index in [0.29, 0.717) is 18.9 Å². The number of hydrogen-bond donors (Lipinski definition) is 1. The molecular weight excluding hydrogens is 332 g/mol. The Morgan fingerprint density at radius 3 is 2.65 bits per heavy atom. The maximum absolute atomic E-state index is 12.5. The minimum Gasteiger partial charge on any atom is -0.481 e. The standard InChI is InChI=1S/C20H28N2O4/c1-15-6-5-9-21(11-15)18-10-17(19(23)24)12-22(13-18)20(25)26-14-16-7-3-2-4-8-16/h2-4,7-8,15,17-18H,5-6,9-14H2,1H3,(H,23,24)/t15-,17-,18-/m1/s1. The van der Waals surface area contributed by atoms with Crippen LogP contribution in [0.3, 0.4) is 0 Å². The summed E-state index contributed by atoms with van der Waals surface area (Å²) in [6.45, 7) is 5.17. The Bertz CT molecular complexity index is 621. The van der Waals surface area contributed by atoms with Gasteiger partial charge < -0.3 is 14.7 Å². The van der Waals surface area contributed by atoms with Crippen molar-refractivity contribution in [2.24, 2.45) is 11.8 Å². The monoisotopic (exact) mass is 360 g/mol. The van der Waals surface area contributed by atoms with Crippen molar-refractivity contribution in [2.75, 3.05) is 26.2 Å². The fourth-order valence-electron chi connectivity index (χ4n) is 4.03. The molecule has 26 heavy (non-hydrogen) atoms. The first kappa shape index (κ1) is 18.7. The molecule has 142 valence electrons. The fourth-order valence-corrected chi connectivity index (χ4v) is 4.03. The van der Waals surface area contributed by atoms with E-state index in [9.17, 15) is 14.7 Å². The molecule has 0 aromatic heterocycles. The van der Waals surface area contributed by atoms with Gasteiger partial charge in [-0.3, -0.25) is 9.69 Å². The summed E-state index contributed by atoms with van der Waals surface area (Å²) >= 11 is 0. The van der Waals surface area contributed by atoms with E-state index in [2.05, 4.69) is 11.8 Å². The second-order valence-corrected chi connectivity index (χ2v) is 7.61. The molecule has 1 amide bonds. The van der Waals surface area contributed by atoms with Gasteiger partial charge in [-0.15, -0.1) is 0 Å². The van der Waals surface area contributed by atoms with Crippen molar-refractivity contribution in [3.63, 3.8) is 0 Å². The number of amides is 1. The van der Waals surface area contributed by atoms with Crippen LogP contribution in [-0.4, -0.2) is 59.2 Å². The molecule has 0 spiro atoms. The average Bonchev–Trinajstić information content (AvgIpc) is 2.66. The molecule has 0 radical (unpaired) electrons. The lowest BCUT2D eigenvalue weighted by molar-refractivity contribution is -0.144.